The van der Waals surface area contributed by atoms with Crippen LogP contribution < -0.4 is 15.4 Å². The lowest BCUT2D eigenvalue weighted by Crippen LogP contribution is -2.15. The first kappa shape index (κ1) is 20.5. The molecule has 0 saturated carbocycles. The van der Waals surface area contributed by atoms with Crippen molar-refractivity contribution in [1.29, 1.82) is 5.26 Å². The average Bonchev–Trinajstić information content (AvgIpc) is 2.69. The molecule has 0 heterocycles. The minimum absolute atomic E-state index is 0.113. The number of esters is 1. The Labute approximate surface area is 163 Å². The van der Waals surface area contributed by atoms with E-state index < -0.39 is 11.9 Å². The zero-order valence-corrected chi connectivity index (χ0v) is 15.9. The summed E-state index contributed by atoms with van der Waals surface area (Å²) >= 11 is 0. The van der Waals surface area contributed by atoms with Gasteiger partial charge in [0.2, 0.25) is 0 Å². The molecule has 0 unspecified atom stereocenters. The fourth-order valence-corrected chi connectivity index (χ4v) is 2.34. The lowest BCUT2D eigenvalue weighted by Gasteiger charge is -2.10. The summed E-state index contributed by atoms with van der Waals surface area (Å²) in [6.45, 7) is 3.93. The second kappa shape index (κ2) is 9.78. The molecule has 1 amide bonds. The smallest absolute Gasteiger partial charge is 0.338 e. The molecule has 7 nitrogen and oxygen atoms in total. The second-order valence-electron chi connectivity index (χ2n) is 5.77. The van der Waals surface area contributed by atoms with Crippen LogP contribution in [-0.2, 0) is 9.53 Å². The van der Waals surface area contributed by atoms with Crippen LogP contribution in [0.3, 0.4) is 0 Å². The second-order valence-corrected chi connectivity index (χ2v) is 5.77. The van der Waals surface area contributed by atoms with Gasteiger partial charge in [0.25, 0.3) is 5.91 Å². The van der Waals surface area contributed by atoms with E-state index in [0.717, 1.165) is 5.56 Å². The van der Waals surface area contributed by atoms with Crippen molar-refractivity contribution in [2.45, 2.75) is 13.8 Å². The number of aryl methyl sites for hydroxylation is 1. The van der Waals surface area contributed by atoms with E-state index in [2.05, 4.69) is 10.6 Å². The summed E-state index contributed by atoms with van der Waals surface area (Å²) in [6.07, 6.45) is 1.32. The number of carbonyl (C=O) groups is 2. The third kappa shape index (κ3) is 5.35. The van der Waals surface area contributed by atoms with Crippen LogP contribution in [0.25, 0.3) is 0 Å². The fourth-order valence-electron chi connectivity index (χ4n) is 2.34. The number of carbonyl (C=O) groups excluding carboxylic acids is 2. The number of ether oxygens (including phenoxy) is 2. The molecule has 0 bridgehead atoms. The van der Waals surface area contributed by atoms with Crippen molar-refractivity contribution in [3.63, 3.8) is 0 Å². The Morgan fingerprint density at radius 2 is 1.89 bits per heavy atom. The number of nitrogens with zero attached hydrogens (tertiary/aromatic N) is 1. The van der Waals surface area contributed by atoms with Crippen molar-refractivity contribution >= 4 is 23.3 Å². The van der Waals surface area contributed by atoms with Gasteiger partial charge in [-0.25, -0.2) is 4.79 Å². The van der Waals surface area contributed by atoms with E-state index >= 15 is 0 Å². The summed E-state index contributed by atoms with van der Waals surface area (Å²) in [4.78, 5) is 24.0. The Morgan fingerprint density at radius 3 is 2.50 bits per heavy atom. The molecule has 0 aliphatic heterocycles. The van der Waals surface area contributed by atoms with Crippen molar-refractivity contribution in [3.8, 4) is 11.8 Å². The number of anilines is 2. The van der Waals surface area contributed by atoms with Crippen LogP contribution in [0, 0.1) is 18.3 Å². The van der Waals surface area contributed by atoms with E-state index in [9.17, 15) is 14.9 Å². The quantitative estimate of drug-likeness (QED) is 0.433. The maximum Gasteiger partial charge on any atom is 0.338 e. The lowest BCUT2D eigenvalue weighted by molar-refractivity contribution is -0.112. The van der Waals surface area contributed by atoms with E-state index in [1.807, 2.05) is 25.1 Å². The molecule has 2 rings (SSSR count). The molecule has 2 N–H and O–H groups in total. The van der Waals surface area contributed by atoms with Gasteiger partial charge in [-0.2, -0.15) is 5.26 Å². The number of nitrogens with one attached hydrogen (secondary N) is 2. The first-order valence-corrected chi connectivity index (χ1v) is 8.58. The Balaban J connectivity index is 2.09. The van der Waals surface area contributed by atoms with Gasteiger partial charge in [0, 0.05) is 11.9 Å². The summed E-state index contributed by atoms with van der Waals surface area (Å²) in [7, 11) is 1.54. The van der Waals surface area contributed by atoms with Crippen molar-refractivity contribution in [3.05, 3.63) is 65.4 Å². The molecule has 2 aromatic rings. The number of nitriles is 1. The van der Waals surface area contributed by atoms with Crippen LogP contribution in [0.2, 0.25) is 0 Å². The van der Waals surface area contributed by atoms with Gasteiger partial charge in [0.15, 0.2) is 0 Å². The molecule has 0 spiro atoms. The highest BCUT2D eigenvalue weighted by atomic mass is 16.5. The van der Waals surface area contributed by atoms with Crippen LogP contribution in [0.1, 0.15) is 22.8 Å². The third-order valence-corrected chi connectivity index (χ3v) is 3.75. The van der Waals surface area contributed by atoms with Gasteiger partial charge >= 0.3 is 5.97 Å². The molecule has 144 valence electrons. The lowest BCUT2D eigenvalue weighted by atomic mass is 10.2. The van der Waals surface area contributed by atoms with E-state index in [0.29, 0.717) is 22.7 Å². The molecule has 2 aromatic carbocycles. The fraction of sp³-hybridized carbons (Fsp3) is 0.190. The van der Waals surface area contributed by atoms with Gasteiger partial charge in [0.05, 0.1) is 25.0 Å². The predicted octanol–water partition coefficient (Wildman–Crippen LogP) is 3.64. The van der Waals surface area contributed by atoms with E-state index in [-0.39, 0.29) is 12.2 Å². The minimum atomic E-state index is -0.578. The van der Waals surface area contributed by atoms with Gasteiger partial charge < -0.3 is 20.1 Å². The summed E-state index contributed by atoms with van der Waals surface area (Å²) in [6, 6.07) is 13.6. The van der Waals surface area contributed by atoms with E-state index in [4.69, 9.17) is 9.47 Å². The first-order valence-electron chi connectivity index (χ1n) is 8.58. The molecule has 0 radical (unpaired) electrons. The molecule has 0 fully saturated rings. The number of rotatable bonds is 7. The van der Waals surface area contributed by atoms with Gasteiger partial charge in [-0.3, -0.25) is 4.79 Å². The Kier molecular flexibility index (Phi) is 7.17. The Hall–Kier alpha value is -3.79. The molecule has 0 aromatic heterocycles. The predicted molar refractivity (Wildman–Crippen MR) is 106 cm³/mol. The number of amides is 1. The van der Waals surface area contributed by atoms with Crippen LogP contribution in [-0.4, -0.2) is 25.6 Å². The zero-order chi connectivity index (χ0) is 20.5. The highest BCUT2D eigenvalue weighted by Gasteiger charge is 2.11. The van der Waals surface area contributed by atoms with Crippen LogP contribution in [0.4, 0.5) is 11.4 Å². The molecule has 7 heteroatoms. The van der Waals surface area contributed by atoms with E-state index in [1.54, 1.807) is 37.3 Å². The zero-order valence-electron chi connectivity index (χ0n) is 15.9. The minimum Gasteiger partial charge on any atom is -0.495 e. The topological polar surface area (TPSA) is 100 Å². The summed E-state index contributed by atoms with van der Waals surface area (Å²) < 4.78 is 10.2. The highest BCUT2D eigenvalue weighted by Crippen LogP contribution is 2.25. The van der Waals surface area contributed by atoms with E-state index in [1.165, 1.54) is 13.3 Å². The summed E-state index contributed by atoms with van der Waals surface area (Å²) in [5.74, 6) is -0.422. The van der Waals surface area contributed by atoms with Crippen molar-refractivity contribution in [2.75, 3.05) is 24.4 Å². The Bertz CT molecular complexity index is 928. The van der Waals surface area contributed by atoms with Crippen LogP contribution >= 0.6 is 0 Å². The molecule has 0 saturated heterocycles. The van der Waals surface area contributed by atoms with Gasteiger partial charge in [0.1, 0.15) is 17.4 Å². The van der Waals surface area contributed by atoms with Gasteiger partial charge in [-0.05, 0) is 55.8 Å². The SMILES string of the molecule is CCOC(=O)c1ccc(NC(=O)/C(C#N)=C\Nc2cc(C)ccc2OC)cc1. The van der Waals surface area contributed by atoms with Crippen LogP contribution in [0.15, 0.2) is 54.2 Å². The summed E-state index contributed by atoms with van der Waals surface area (Å²) in [5, 5.41) is 14.8. The largest absolute Gasteiger partial charge is 0.495 e. The standard InChI is InChI=1S/C21H21N3O4/c1-4-28-21(26)15-6-8-17(9-7-15)24-20(25)16(12-22)13-23-18-11-14(2)5-10-19(18)27-3/h5-11,13,23H,4H2,1-3H3,(H,24,25)/b16-13-. The monoisotopic (exact) mass is 379 g/mol. The van der Waals surface area contributed by atoms with Crippen molar-refractivity contribution in [1.82, 2.24) is 0 Å². The van der Waals surface area contributed by atoms with Gasteiger partial charge in [-0.1, -0.05) is 6.07 Å². The maximum absolute atomic E-state index is 12.3. The summed E-state index contributed by atoms with van der Waals surface area (Å²) in [5.41, 5.74) is 2.36. The molecule has 0 aliphatic rings. The van der Waals surface area contributed by atoms with Crippen molar-refractivity contribution in [2.24, 2.45) is 0 Å². The molecule has 0 atom stereocenters. The van der Waals surface area contributed by atoms with Gasteiger partial charge in [-0.15, -0.1) is 0 Å². The number of methoxy groups -OCH3 is 1. The number of hydrogen-bond donors (Lipinski definition) is 2. The first-order chi connectivity index (χ1) is 13.5. The molecule has 28 heavy (non-hydrogen) atoms. The normalized spacial score (nSPS) is 10.6. The molecular formula is C21H21N3O4. The average molecular weight is 379 g/mol. The third-order valence-electron chi connectivity index (χ3n) is 3.75. The number of hydrogen-bond acceptors (Lipinski definition) is 6. The Morgan fingerprint density at radius 1 is 1.18 bits per heavy atom. The molecule has 0 aliphatic carbocycles. The highest BCUT2D eigenvalue weighted by molar-refractivity contribution is 6.07. The molecular weight excluding hydrogens is 358 g/mol. The van der Waals surface area contributed by atoms with Crippen LogP contribution in [0.5, 0.6) is 5.75 Å². The maximum atomic E-state index is 12.3. The number of benzene rings is 2. The van der Waals surface area contributed by atoms with Crippen molar-refractivity contribution < 1.29 is 19.1 Å².